The molecule has 25 heavy (non-hydrogen) atoms. The van der Waals surface area contributed by atoms with Gasteiger partial charge in [-0.25, -0.2) is 0 Å². The van der Waals surface area contributed by atoms with Gasteiger partial charge in [0.05, 0.1) is 13.1 Å². The zero-order chi connectivity index (χ0) is 18.2. The fourth-order valence-corrected chi connectivity index (χ4v) is 2.39. The Kier molecular flexibility index (Phi) is 6.82. The SMILES string of the molecule is CC(C(=O)N(C)CC(=O)NCCOc1cccc(Cl)c1)n1cccn1. The number of amides is 2. The molecular weight excluding hydrogens is 344 g/mol. The molecule has 134 valence electrons. The number of rotatable bonds is 8. The Balaban J connectivity index is 1.69. The van der Waals surface area contributed by atoms with E-state index in [0.717, 1.165) is 0 Å². The summed E-state index contributed by atoms with van der Waals surface area (Å²) in [5, 5.41) is 7.34. The van der Waals surface area contributed by atoms with Gasteiger partial charge in [-0.15, -0.1) is 0 Å². The Bertz CT molecular complexity index is 706. The zero-order valence-corrected chi connectivity index (χ0v) is 14.9. The lowest BCUT2D eigenvalue weighted by atomic mass is 10.3. The molecule has 2 rings (SSSR count). The molecule has 0 saturated carbocycles. The Labute approximate surface area is 151 Å². The second-order valence-electron chi connectivity index (χ2n) is 5.51. The fourth-order valence-electron chi connectivity index (χ4n) is 2.21. The van der Waals surface area contributed by atoms with Crippen molar-refractivity contribution in [2.45, 2.75) is 13.0 Å². The predicted octanol–water partition coefficient (Wildman–Crippen LogP) is 1.75. The quantitative estimate of drug-likeness (QED) is 0.724. The standard InChI is InChI=1S/C17H21ClN4O3/c1-13(22-9-4-7-20-22)17(24)21(2)12-16(23)19-8-10-25-15-6-3-5-14(18)11-15/h3-7,9,11,13H,8,10,12H2,1-2H3,(H,19,23). The van der Waals surface area contributed by atoms with Gasteiger partial charge in [-0.3, -0.25) is 14.3 Å². The van der Waals surface area contributed by atoms with Crippen molar-refractivity contribution in [3.8, 4) is 5.75 Å². The molecule has 8 heteroatoms. The van der Waals surface area contributed by atoms with Gasteiger partial charge in [-0.05, 0) is 31.2 Å². The fraction of sp³-hybridized carbons (Fsp3) is 0.353. The number of hydrogen-bond acceptors (Lipinski definition) is 4. The first-order chi connectivity index (χ1) is 12.0. The minimum absolute atomic E-state index is 0.0262. The molecule has 0 saturated heterocycles. The highest BCUT2D eigenvalue weighted by molar-refractivity contribution is 6.30. The third-order valence-electron chi connectivity index (χ3n) is 3.53. The highest BCUT2D eigenvalue weighted by atomic mass is 35.5. The van der Waals surface area contributed by atoms with E-state index in [2.05, 4.69) is 10.4 Å². The Morgan fingerprint density at radius 3 is 2.88 bits per heavy atom. The van der Waals surface area contributed by atoms with Crippen LogP contribution in [0.2, 0.25) is 5.02 Å². The van der Waals surface area contributed by atoms with E-state index < -0.39 is 6.04 Å². The lowest BCUT2D eigenvalue weighted by Crippen LogP contribution is -2.42. The molecule has 1 N–H and O–H groups in total. The summed E-state index contributed by atoms with van der Waals surface area (Å²) in [7, 11) is 1.59. The van der Waals surface area contributed by atoms with E-state index in [9.17, 15) is 9.59 Å². The highest BCUT2D eigenvalue weighted by Crippen LogP contribution is 2.16. The summed E-state index contributed by atoms with van der Waals surface area (Å²) < 4.78 is 7.04. The molecule has 0 aliphatic rings. The molecule has 1 unspecified atom stereocenters. The van der Waals surface area contributed by atoms with E-state index >= 15 is 0 Å². The number of benzene rings is 1. The topological polar surface area (TPSA) is 76.5 Å². The molecule has 1 aromatic carbocycles. The average molecular weight is 365 g/mol. The predicted molar refractivity (Wildman–Crippen MR) is 94.5 cm³/mol. The van der Waals surface area contributed by atoms with Crippen molar-refractivity contribution in [2.75, 3.05) is 26.7 Å². The molecule has 0 spiro atoms. The van der Waals surface area contributed by atoms with Crippen LogP contribution in [0.5, 0.6) is 5.75 Å². The summed E-state index contributed by atoms with van der Waals surface area (Å²) >= 11 is 5.86. The molecule has 1 aromatic heterocycles. The number of nitrogens with one attached hydrogen (secondary N) is 1. The number of carbonyl (C=O) groups is 2. The molecule has 0 bridgehead atoms. The molecule has 0 fully saturated rings. The van der Waals surface area contributed by atoms with Crippen LogP contribution in [0, 0.1) is 0 Å². The summed E-state index contributed by atoms with van der Waals surface area (Å²) in [5.74, 6) is 0.203. The molecule has 2 aromatic rings. The molecule has 1 atom stereocenters. The third kappa shape index (κ3) is 5.79. The second-order valence-corrected chi connectivity index (χ2v) is 5.95. The third-order valence-corrected chi connectivity index (χ3v) is 3.76. The summed E-state index contributed by atoms with van der Waals surface area (Å²) in [6.07, 6.45) is 3.32. The molecule has 0 aliphatic heterocycles. The van der Waals surface area contributed by atoms with Gasteiger partial charge in [0.1, 0.15) is 18.4 Å². The molecule has 7 nitrogen and oxygen atoms in total. The number of carbonyl (C=O) groups excluding carboxylic acids is 2. The number of likely N-dealkylation sites (N-methyl/N-ethyl adjacent to an activating group) is 1. The first-order valence-electron chi connectivity index (χ1n) is 7.86. The van der Waals surface area contributed by atoms with Gasteiger partial charge in [-0.1, -0.05) is 17.7 Å². The minimum Gasteiger partial charge on any atom is -0.492 e. The van der Waals surface area contributed by atoms with Crippen LogP contribution >= 0.6 is 11.6 Å². The number of halogens is 1. The van der Waals surface area contributed by atoms with Crippen LogP contribution in [-0.2, 0) is 9.59 Å². The van der Waals surface area contributed by atoms with Crippen molar-refractivity contribution in [3.05, 3.63) is 47.7 Å². The van der Waals surface area contributed by atoms with E-state index in [1.165, 1.54) is 4.90 Å². The van der Waals surface area contributed by atoms with Crippen molar-refractivity contribution < 1.29 is 14.3 Å². The van der Waals surface area contributed by atoms with Gasteiger partial charge in [-0.2, -0.15) is 5.10 Å². The van der Waals surface area contributed by atoms with E-state index in [0.29, 0.717) is 23.9 Å². The monoisotopic (exact) mass is 364 g/mol. The molecule has 2 amide bonds. The molecular formula is C17H21ClN4O3. The van der Waals surface area contributed by atoms with Gasteiger partial charge in [0, 0.05) is 24.5 Å². The van der Waals surface area contributed by atoms with Gasteiger partial charge in [0.25, 0.3) is 0 Å². The lowest BCUT2D eigenvalue weighted by Gasteiger charge is -2.21. The van der Waals surface area contributed by atoms with Crippen LogP contribution in [0.1, 0.15) is 13.0 Å². The number of nitrogens with zero attached hydrogens (tertiary/aromatic N) is 3. The average Bonchev–Trinajstić information content (AvgIpc) is 3.12. The Hall–Kier alpha value is -2.54. The minimum atomic E-state index is -0.459. The summed E-state index contributed by atoms with van der Waals surface area (Å²) in [4.78, 5) is 25.6. The van der Waals surface area contributed by atoms with Gasteiger partial charge in [0.2, 0.25) is 11.8 Å². The van der Waals surface area contributed by atoms with E-state index in [1.807, 2.05) is 0 Å². The Morgan fingerprint density at radius 1 is 1.40 bits per heavy atom. The smallest absolute Gasteiger partial charge is 0.247 e. The van der Waals surface area contributed by atoms with Gasteiger partial charge in [0.15, 0.2) is 0 Å². The van der Waals surface area contributed by atoms with E-state index in [-0.39, 0.29) is 18.4 Å². The maximum Gasteiger partial charge on any atom is 0.247 e. The van der Waals surface area contributed by atoms with Crippen molar-refractivity contribution >= 4 is 23.4 Å². The zero-order valence-electron chi connectivity index (χ0n) is 14.2. The van der Waals surface area contributed by atoms with Gasteiger partial charge < -0.3 is 15.0 Å². The molecule has 0 radical (unpaired) electrons. The van der Waals surface area contributed by atoms with Crippen molar-refractivity contribution in [3.63, 3.8) is 0 Å². The number of ether oxygens (including phenoxy) is 1. The van der Waals surface area contributed by atoms with Crippen molar-refractivity contribution in [2.24, 2.45) is 0 Å². The van der Waals surface area contributed by atoms with E-state index in [1.54, 1.807) is 61.4 Å². The van der Waals surface area contributed by atoms with Crippen LogP contribution in [0.15, 0.2) is 42.7 Å². The van der Waals surface area contributed by atoms with Crippen LogP contribution in [0.3, 0.4) is 0 Å². The Morgan fingerprint density at radius 2 is 2.20 bits per heavy atom. The van der Waals surface area contributed by atoms with Crippen LogP contribution in [0.25, 0.3) is 0 Å². The highest BCUT2D eigenvalue weighted by Gasteiger charge is 2.20. The van der Waals surface area contributed by atoms with Gasteiger partial charge >= 0.3 is 0 Å². The summed E-state index contributed by atoms with van der Waals surface area (Å²) in [6.45, 7) is 2.36. The van der Waals surface area contributed by atoms with E-state index in [4.69, 9.17) is 16.3 Å². The van der Waals surface area contributed by atoms with Crippen molar-refractivity contribution in [1.29, 1.82) is 0 Å². The first-order valence-corrected chi connectivity index (χ1v) is 8.24. The normalized spacial score (nSPS) is 11.6. The maximum absolute atomic E-state index is 12.3. The summed E-state index contributed by atoms with van der Waals surface area (Å²) in [5.41, 5.74) is 0. The number of aromatic nitrogens is 2. The lowest BCUT2D eigenvalue weighted by molar-refractivity contribution is -0.137. The van der Waals surface area contributed by atoms with Crippen LogP contribution in [-0.4, -0.2) is 53.2 Å². The van der Waals surface area contributed by atoms with Crippen LogP contribution < -0.4 is 10.1 Å². The van der Waals surface area contributed by atoms with Crippen LogP contribution in [0.4, 0.5) is 0 Å². The largest absolute Gasteiger partial charge is 0.492 e. The maximum atomic E-state index is 12.3. The van der Waals surface area contributed by atoms with Crippen molar-refractivity contribution in [1.82, 2.24) is 20.0 Å². The molecule has 1 heterocycles. The first kappa shape index (κ1) is 18.8. The molecule has 0 aliphatic carbocycles. The number of hydrogen-bond donors (Lipinski definition) is 1. The summed E-state index contributed by atoms with van der Waals surface area (Å²) in [6, 6.07) is 8.32. The second kappa shape index (κ2) is 9.08.